The molecule has 1 aliphatic rings. The Morgan fingerprint density at radius 3 is 2.29 bits per heavy atom. The highest BCUT2D eigenvalue weighted by Crippen LogP contribution is 2.33. The SMILES string of the molecule is Cc1cc(C(N)CC2CCCC2)cc(C)c1Br. The smallest absolute Gasteiger partial charge is 0.0297 e. The predicted molar refractivity (Wildman–Crippen MR) is 77.1 cm³/mol. The highest BCUT2D eigenvalue weighted by atomic mass is 79.9. The molecule has 2 heteroatoms. The maximum Gasteiger partial charge on any atom is 0.0297 e. The van der Waals surface area contributed by atoms with Crippen molar-refractivity contribution in [3.8, 4) is 0 Å². The Morgan fingerprint density at radius 1 is 1.24 bits per heavy atom. The van der Waals surface area contributed by atoms with E-state index in [0.717, 1.165) is 12.3 Å². The van der Waals surface area contributed by atoms with Gasteiger partial charge in [0.1, 0.15) is 0 Å². The largest absolute Gasteiger partial charge is 0.324 e. The Labute approximate surface area is 113 Å². The van der Waals surface area contributed by atoms with E-state index < -0.39 is 0 Å². The number of aryl methyl sites for hydroxylation is 2. The number of nitrogens with two attached hydrogens (primary N) is 1. The zero-order chi connectivity index (χ0) is 12.4. The van der Waals surface area contributed by atoms with Gasteiger partial charge in [-0.05, 0) is 42.9 Å². The molecule has 0 aromatic heterocycles. The zero-order valence-electron chi connectivity index (χ0n) is 10.8. The monoisotopic (exact) mass is 295 g/mol. The highest BCUT2D eigenvalue weighted by Gasteiger charge is 2.19. The number of hydrogen-bond acceptors (Lipinski definition) is 1. The summed E-state index contributed by atoms with van der Waals surface area (Å²) < 4.78 is 1.22. The predicted octanol–water partition coefficient (Wildman–Crippen LogP) is 4.65. The van der Waals surface area contributed by atoms with Gasteiger partial charge in [0.05, 0.1) is 0 Å². The van der Waals surface area contributed by atoms with Crippen LogP contribution in [0.1, 0.15) is 54.8 Å². The van der Waals surface area contributed by atoms with Crippen LogP contribution < -0.4 is 5.73 Å². The molecule has 0 saturated heterocycles. The summed E-state index contributed by atoms with van der Waals surface area (Å²) in [6.45, 7) is 4.28. The van der Waals surface area contributed by atoms with Gasteiger partial charge in [0.25, 0.3) is 0 Å². The van der Waals surface area contributed by atoms with Crippen molar-refractivity contribution in [3.05, 3.63) is 33.3 Å². The maximum absolute atomic E-state index is 6.35. The summed E-state index contributed by atoms with van der Waals surface area (Å²) in [5.41, 5.74) is 10.2. The third-order valence-electron chi connectivity index (χ3n) is 3.95. The maximum atomic E-state index is 6.35. The van der Waals surface area contributed by atoms with E-state index in [1.54, 1.807) is 0 Å². The van der Waals surface area contributed by atoms with Crippen LogP contribution in [0.15, 0.2) is 16.6 Å². The van der Waals surface area contributed by atoms with Gasteiger partial charge in [0.15, 0.2) is 0 Å². The van der Waals surface area contributed by atoms with Crippen LogP contribution in [0, 0.1) is 19.8 Å². The molecule has 0 amide bonds. The van der Waals surface area contributed by atoms with Gasteiger partial charge < -0.3 is 5.73 Å². The van der Waals surface area contributed by atoms with Gasteiger partial charge in [-0.1, -0.05) is 53.7 Å². The van der Waals surface area contributed by atoms with Crippen LogP contribution in [0.4, 0.5) is 0 Å². The topological polar surface area (TPSA) is 26.0 Å². The molecule has 1 atom stereocenters. The summed E-state index contributed by atoms with van der Waals surface area (Å²) in [7, 11) is 0. The molecule has 1 nitrogen and oxygen atoms in total. The fourth-order valence-electron chi connectivity index (χ4n) is 2.93. The Balaban J connectivity index is 2.10. The van der Waals surface area contributed by atoms with Crippen LogP contribution >= 0.6 is 15.9 Å². The van der Waals surface area contributed by atoms with Crippen molar-refractivity contribution in [2.24, 2.45) is 11.7 Å². The van der Waals surface area contributed by atoms with Crippen molar-refractivity contribution in [2.75, 3.05) is 0 Å². The number of benzene rings is 1. The molecule has 2 rings (SSSR count). The van der Waals surface area contributed by atoms with Crippen LogP contribution in [0.3, 0.4) is 0 Å². The molecule has 94 valence electrons. The van der Waals surface area contributed by atoms with Crippen LogP contribution in [-0.2, 0) is 0 Å². The molecule has 1 aromatic rings. The minimum absolute atomic E-state index is 0.212. The quantitative estimate of drug-likeness (QED) is 0.863. The van der Waals surface area contributed by atoms with Gasteiger partial charge in [-0.2, -0.15) is 0 Å². The molecule has 0 aliphatic heterocycles. The summed E-state index contributed by atoms with van der Waals surface area (Å²) >= 11 is 3.61. The molecule has 1 aliphatic carbocycles. The van der Waals surface area contributed by atoms with Crippen LogP contribution in [-0.4, -0.2) is 0 Å². The zero-order valence-corrected chi connectivity index (χ0v) is 12.4. The number of hydrogen-bond donors (Lipinski definition) is 1. The van der Waals surface area contributed by atoms with Gasteiger partial charge >= 0.3 is 0 Å². The van der Waals surface area contributed by atoms with Crippen molar-refractivity contribution in [2.45, 2.75) is 52.0 Å². The lowest BCUT2D eigenvalue weighted by Gasteiger charge is -2.18. The molecule has 1 saturated carbocycles. The van der Waals surface area contributed by atoms with E-state index in [1.165, 1.54) is 46.8 Å². The summed E-state index contributed by atoms with van der Waals surface area (Å²) in [5, 5.41) is 0. The van der Waals surface area contributed by atoms with Gasteiger partial charge in [-0.25, -0.2) is 0 Å². The lowest BCUT2D eigenvalue weighted by atomic mass is 9.92. The van der Waals surface area contributed by atoms with Crippen LogP contribution in [0.5, 0.6) is 0 Å². The molecule has 0 bridgehead atoms. The first-order valence-corrected chi connectivity index (χ1v) is 7.39. The van der Waals surface area contributed by atoms with Gasteiger partial charge in [0, 0.05) is 10.5 Å². The summed E-state index contributed by atoms with van der Waals surface area (Å²) in [5.74, 6) is 0.856. The highest BCUT2D eigenvalue weighted by molar-refractivity contribution is 9.10. The number of rotatable bonds is 3. The lowest BCUT2D eigenvalue weighted by Crippen LogP contribution is -2.14. The normalized spacial score (nSPS) is 18.6. The van der Waals surface area contributed by atoms with Crippen molar-refractivity contribution in [3.63, 3.8) is 0 Å². The Morgan fingerprint density at radius 2 is 1.76 bits per heavy atom. The van der Waals surface area contributed by atoms with E-state index in [1.807, 2.05) is 0 Å². The fourth-order valence-corrected chi connectivity index (χ4v) is 3.16. The molecule has 0 heterocycles. The van der Waals surface area contributed by atoms with Crippen LogP contribution in [0.2, 0.25) is 0 Å². The first-order chi connectivity index (χ1) is 8.08. The second kappa shape index (κ2) is 5.53. The van der Waals surface area contributed by atoms with E-state index in [2.05, 4.69) is 41.9 Å². The first kappa shape index (κ1) is 13.1. The van der Waals surface area contributed by atoms with Gasteiger partial charge in [-0.3, -0.25) is 0 Å². The second-order valence-corrected chi connectivity index (χ2v) is 6.25. The lowest BCUT2D eigenvalue weighted by molar-refractivity contribution is 0.450. The standard InChI is InChI=1S/C15H22BrN/c1-10-7-13(8-11(2)15(10)16)14(17)9-12-5-3-4-6-12/h7-8,12,14H,3-6,9,17H2,1-2H3. The van der Waals surface area contributed by atoms with E-state index in [4.69, 9.17) is 5.73 Å². The summed E-state index contributed by atoms with van der Waals surface area (Å²) in [6.07, 6.45) is 6.70. The molecule has 2 N–H and O–H groups in total. The molecule has 0 radical (unpaired) electrons. The van der Waals surface area contributed by atoms with Gasteiger partial charge in [-0.15, -0.1) is 0 Å². The molecule has 0 spiro atoms. The Kier molecular flexibility index (Phi) is 4.26. The second-order valence-electron chi connectivity index (χ2n) is 5.46. The van der Waals surface area contributed by atoms with Crippen molar-refractivity contribution >= 4 is 15.9 Å². The Hall–Kier alpha value is -0.340. The molecule has 1 aromatic carbocycles. The fraction of sp³-hybridized carbons (Fsp3) is 0.600. The van der Waals surface area contributed by atoms with E-state index in [9.17, 15) is 0 Å². The van der Waals surface area contributed by atoms with E-state index >= 15 is 0 Å². The third-order valence-corrected chi connectivity index (χ3v) is 5.20. The molecular formula is C15H22BrN. The van der Waals surface area contributed by atoms with Crippen molar-refractivity contribution in [1.82, 2.24) is 0 Å². The summed E-state index contributed by atoms with van der Waals surface area (Å²) in [6, 6.07) is 4.68. The average Bonchev–Trinajstić information content (AvgIpc) is 2.77. The first-order valence-electron chi connectivity index (χ1n) is 6.60. The molecular weight excluding hydrogens is 274 g/mol. The van der Waals surface area contributed by atoms with E-state index in [0.29, 0.717) is 0 Å². The average molecular weight is 296 g/mol. The summed E-state index contributed by atoms with van der Waals surface area (Å²) in [4.78, 5) is 0. The Bertz CT molecular complexity index is 371. The molecule has 17 heavy (non-hydrogen) atoms. The van der Waals surface area contributed by atoms with Gasteiger partial charge in [0.2, 0.25) is 0 Å². The van der Waals surface area contributed by atoms with E-state index in [-0.39, 0.29) is 6.04 Å². The van der Waals surface area contributed by atoms with Crippen LogP contribution in [0.25, 0.3) is 0 Å². The van der Waals surface area contributed by atoms with Crippen molar-refractivity contribution in [1.29, 1.82) is 0 Å². The van der Waals surface area contributed by atoms with Crippen molar-refractivity contribution < 1.29 is 0 Å². The molecule has 1 fully saturated rings. The minimum atomic E-state index is 0.212. The number of halogens is 1. The third kappa shape index (κ3) is 3.11. The minimum Gasteiger partial charge on any atom is -0.324 e. The molecule has 1 unspecified atom stereocenters.